The van der Waals surface area contributed by atoms with Crippen molar-refractivity contribution in [2.75, 3.05) is 29.9 Å². The van der Waals surface area contributed by atoms with Crippen molar-refractivity contribution in [3.8, 4) is 0 Å². The molecule has 4 nitrogen and oxygen atoms in total. The van der Waals surface area contributed by atoms with Gasteiger partial charge in [-0.2, -0.15) is 0 Å². The van der Waals surface area contributed by atoms with Crippen molar-refractivity contribution in [1.82, 2.24) is 4.90 Å². The molecule has 1 heterocycles. The van der Waals surface area contributed by atoms with Crippen molar-refractivity contribution in [3.63, 3.8) is 0 Å². The zero-order chi connectivity index (χ0) is 17.1. The molecule has 2 aromatic carbocycles. The Morgan fingerprint density at radius 2 is 1.83 bits per heavy atom. The lowest BCUT2D eigenvalue weighted by Crippen LogP contribution is -2.54. The minimum atomic E-state index is -0.419. The normalized spacial score (nSPS) is 17.7. The van der Waals surface area contributed by atoms with E-state index < -0.39 is 5.82 Å². The van der Waals surface area contributed by atoms with Crippen LogP contribution in [0.15, 0.2) is 48.5 Å². The van der Waals surface area contributed by atoms with Gasteiger partial charge in [0.25, 0.3) is 0 Å². The van der Waals surface area contributed by atoms with Gasteiger partial charge < -0.3 is 15.1 Å². The zero-order valence-corrected chi connectivity index (χ0v) is 14.0. The molecule has 3 rings (SSSR count). The number of piperazine rings is 1. The average molecular weight is 327 g/mol. The largest absolute Gasteiger partial charge is 0.365 e. The third-order valence-corrected chi connectivity index (χ3v) is 4.40. The molecule has 2 amide bonds. The third kappa shape index (κ3) is 3.50. The van der Waals surface area contributed by atoms with E-state index in [-0.39, 0.29) is 17.8 Å². The number of nitrogens with zero attached hydrogens (tertiary/aromatic N) is 2. The van der Waals surface area contributed by atoms with Crippen LogP contribution in [0.3, 0.4) is 0 Å². The molecule has 0 radical (unpaired) electrons. The molecule has 0 spiro atoms. The minimum Gasteiger partial charge on any atom is -0.365 e. The minimum absolute atomic E-state index is 0.202. The third-order valence-electron chi connectivity index (χ3n) is 4.40. The van der Waals surface area contributed by atoms with Gasteiger partial charge in [0.15, 0.2) is 0 Å². The molecule has 1 aliphatic rings. The van der Waals surface area contributed by atoms with E-state index in [1.807, 2.05) is 0 Å². The van der Waals surface area contributed by atoms with Crippen molar-refractivity contribution in [2.45, 2.75) is 19.9 Å². The number of benzene rings is 2. The van der Waals surface area contributed by atoms with Gasteiger partial charge in [-0.1, -0.05) is 29.8 Å². The van der Waals surface area contributed by atoms with Gasteiger partial charge in [0, 0.05) is 31.4 Å². The van der Waals surface area contributed by atoms with Crippen LogP contribution in [-0.2, 0) is 0 Å². The number of carbonyl (C=O) groups excluding carboxylic acids is 1. The summed E-state index contributed by atoms with van der Waals surface area (Å²) in [6.45, 7) is 6.14. The highest BCUT2D eigenvalue weighted by atomic mass is 19.1. The number of nitrogens with one attached hydrogen (secondary N) is 1. The van der Waals surface area contributed by atoms with Crippen molar-refractivity contribution < 1.29 is 9.18 Å². The standard InChI is InChI=1S/C19H22FN3O/c1-14-7-9-16(10-8-14)23-12-11-22(13-15(23)2)19(24)21-18-6-4-3-5-17(18)20/h3-10,15H,11-13H2,1-2H3,(H,21,24). The lowest BCUT2D eigenvalue weighted by Gasteiger charge is -2.41. The molecule has 0 aromatic heterocycles. The van der Waals surface area contributed by atoms with E-state index >= 15 is 0 Å². The van der Waals surface area contributed by atoms with E-state index in [1.54, 1.807) is 23.1 Å². The van der Waals surface area contributed by atoms with Crippen LogP contribution in [0.1, 0.15) is 12.5 Å². The first-order valence-electron chi connectivity index (χ1n) is 8.18. The molecule has 0 bridgehead atoms. The predicted molar refractivity (Wildman–Crippen MR) is 95.0 cm³/mol. The molecule has 0 aliphatic carbocycles. The Bertz CT molecular complexity index is 717. The second-order valence-electron chi connectivity index (χ2n) is 6.23. The number of amides is 2. The van der Waals surface area contributed by atoms with Gasteiger partial charge >= 0.3 is 6.03 Å². The molecule has 5 heteroatoms. The van der Waals surface area contributed by atoms with E-state index in [0.717, 1.165) is 6.54 Å². The highest BCUT2D eigenvalue weighted by Gasteiger charge is 2.27. The van der Waals surface area contributed by atoms with Gasteiger partial charge in [-0.25, -0.2) is 9.18 Å². The predicted octanol–water partition coefficient (Wildman–Crippen LogP) is 3.88. The fraction of sp³-hybridized carbons (Fsp3) is 0.316. The number of hydrogen-bond donors (Lipinski definition) is 1. The quantitative estimate of drug-likeness (QED) is 0.909. The number of para-hydroxylation sites is 1. The number of rotatable bonds is 2. The van der Waals surface area contributed by atoms with Crippen LogP contribution in [0.2, 0.25) is 0 Å². The Balaban J connectivity index is 1.63. The molecule has 1 unspecified atom stereocenters. The molecule has 1 saturated heterocycles. The van der Waals surface area contributed by atoms with Crippen LogP contribution >= 0.6 is 0 Å². The fourth-order valence-corrected chi connectivity index (χ4v) is 3.02. The van der Waals surface area contributed by atoms with Gasteiger partial charge in [-0.3, -0.25) is 0 Å². The number of carbonyl (C=O) groups is 1. The summed E-state index contributed by atoms with van der Waals surface area (Å²) in [5.74, 6) is -0.419. The van der Waals surface area contributed by atoms with Gasteiger partial charge in [0.05, 0.1) is 5.69 Å². The summed E-state index contributed by atoms with van der Waals surface area (Å²) >= 11 is 0. The molecule has 1 aliphatic heterocycles. The molecular formula is C19H22FN3O. The second-order valence-corrected chi connectivity index (χ2v) is 6.23. The first kappa shape index (κ1) is 16.3. The zero-order valence-electron chi connectivity index (χ0n) is 14.0. The molecule has 1 atom stereocenters. The van der Waals surface area contributed by atoms with Crippen LogP contribution in [0.25, 0.3) is 0 Å². The molecule has 0 saturated carbocycles. The highest BCUT2D eigenvalue weighted by molar-refractivity contribution is 5.89. The molecular weight excluding hydrogens is 305 g/mol. The topological polar surface area (TPSA) is 35.6 Å². The summed E-state index contributed by atoms with van der Waals surface area (Å²) in [6.07, 6.45) is 0. The van der Waals surface area contributed by atoms with Gasteiger partial charge in [0.2, 0.25) is 0 Å². The van der Waals surface area contributed by atoms with Crippen LogP contribution in [0.5, 0.6) is 0 Å². The SMILES string of the molecule is Cc1ccc(N2CCN(C(=O)Nc3ccccc3F)CC2C)cc1. The van der Waals surface area contributed by atoms with Crippen LogP contribution in [-0.4, -0.2) is 36.6 Å². The Morgan fingerprint density at radius 3 is 2.50 bits per heavy atom. The lowest BCUT2D eigenvalue weighted by atomic mass is 10.1. The average Bonchev–Trinajstić information content (AvgIpc) is 2.58. The summed E-state index contributed by atoms with van der Waals surface area (Å²) < 4.78 is 13.7. The van der Waals surface area contributed by atoms with E-state index in [0.29, 0.717) is 13.1 Å². The van der Waals surface area contributed by atoms with Crippen molar-refractivity contribution in [1.29, 1.82) is 0 Å². The Labute approximate surface area is 141 Å². The fourth-order valence-electron chi connectivity index (χ4n) is 3.02. The monoisotopic (exact) mass is 327 g/mol. The van der Waals surface area contributed by atoms with E-state index in [9.17, 15) is 9.18 Å². The number of anilines is 2. The molecule has 24 heavy (non-hydrogen) atoms. The first-order valence-corrected chi connectivity index (χ1v) is 8.18. The Morgan fingerprint density at radius 1 is 1.12 bits per heavy atom. The van der Waals surface area contributed by atoms with Gasteiger partial charge in [0.1, 0.15) is 5.82 Å². The number of aryl methyl sites for hydroxylation is 1. The molecule has 2 aromatic rings. The smallest absolute Gasteiger partial charge is 0.322 e. The van der Waals surface area contributed by atoms with Crippen molar-refractivity contribution in [3.05, 3.63) is 59.9 Å². The van der Waals surface area contributed by atoms with Gasteiger partial charge in [-0.15, -0.1) is 0 Å². The lowest BCUT2D eigenvalue weighted by molar-refractivity contribution is 0.200. The molecule has 126 valence electrons. The maximum Gasteiger partial charge on any atom is 0.322 e. The first-order chi connectivity index (χ1) is 11.5. The Hall–Kier alpha value is -2.56. The number of hydrogen-bond acceptors (Lipinski definition) is 2. The maximum atomic E-state index is 13.7. The summed E-state index contributed by atoms with van der Waals surface area (Å²) in [4.78, 5) is 16.4. The summed E-state index contributed by atoms with van der Waals surface area (Å²) in [5, 5.41) is 2.66. The van der Waals surface area contributed by atoms with Gasteiger partial charge in [-0.05, 0) is 38.1 Å². The summed E-state index contributed by atoms with van der Waals surface area (Å²) in [7, 11) is 0. The van der Waals surface area contributed by atoms with Crippen molar-refractivity contribution in [2.24, 2.45) is 0 Å². The van der Waals surface area contributed by atoms with E-state index in [1.165, 1.54) is 17.3 Å². The highest BCUT2D eigenvalue weighted by Crippen LogP contribution is 2.22. The number of halogens is 1. The van der Waals surface area contributed by atoms with Crippen LogP contribution < -0.4 is 10.2 Å². The molecule has 1 N–H and O–H groups in total. The van der Waals surface area contributed by atoms with Crippen LogP contribution in [0, 0.1) is 12.7 Å². The maximum absolute atomic E-state index is 13.7. The molecule has 1 fully saturated rings. The summed E-state index contributed by atoms with van der Waals surface area (Å²) in [6, 6.07) is 14.6. The van der Waals surface area contributed by atoms with Crippen LogP contribution in [0.4, 0.5) is 20.6 Å². The van der Waals surface area contributed by atoms with Crippen molar-refractivity contribution >= 4 is 17.4 Å². The van der Waals surface area contributed by atoms with E-state index in [4.69, 9.17) is 0 Å². The number of urea groups is 1. The second kappa shape index (κ2) is 6.91. The van der Waals surface area contributed by atoms with E-state index in [2.05, 4.69) is 48.3 Å². The summed E-state index contributed by atoms with van der Waals surface area (Å²) in [5.41, 5.74) is 2.62. The Kier molecular flexibility index (Phi) is 4.69.